The Hall–Kier alpha value is -1.17. The molecule has 92 valence electrons. The van der Waals surface area contributed by atoms with Gasteiger partial charge < -0.3 is 19.3 Å². The molecule has 1 unspecified atom stereocenters. The molecule has 0 fully saturated rings. The highest BCUT2D eigenvalue weighted by Gasteiger charge is 2.23. The highest BCUT2D eigenvalue weighted by atomic mass is 31.2. The van der Waals surface area contributed by atoms with Crippen molar-refractivity contribution in [1.29, 1.82) is 0 Å². The Morgan fingerprint density at radius 3 is 2.38 bits per heavy atom. The SMILES string of the molecule is C=C(C)C(=O)OCCOP(=O)(O)CC(=O)O. The van der Waals surface area contributed by atoms with Gasteiger partial charge in [0.25, 0.3) is 0 Å². The lowest BCUT2D eigenvalue weighted by Gasteiger charge is -2.10. The van der Waals surface area contributed by atoms with E-state index in [4.69, 9.17) is 10.00 Å². The number of carboxylic acids is 1. The van der Waals surface area contributed by atoms with Crippen LogP contribution in [0.5, 0.6) is 0 Å². The predicted octanol–water partition coefficient (Wildman–Crippen LogP) is 0.392. The summed E-state index contributed by atoms with van der Waals surface area (Å²) in [5, 5.41) is 8.26. The van der Waals surface area contributed by atoms with Crippen LogP contribution in [0.1, 0.15) is 6.92 Å². The summed E-state index contributed by atoms with van der Waals surface area (Å²) in [7, 11) is -4.15. The van der Waals surface area contributed by atoms with Crippen LogP contribution in [-0.2, 0) is 23.4 Å². The van der Waals surface area contributed by atoms with E-state index >= 15 is 0 Å². The number of esters is 1. The van der Waals surface area contributed by atoms with Gasteiger partial charge in [-0.05, 0) is 6.92 Å². The van der Waals surface area contributed by atoms with Gasteiger partial charge in [0, 0.05) is 5.57 Å². The second-order valence-electron chi connectivity index (χ2n) is 2.94. The standard InChI is InChI=1S/C8H13O7P/c1-6(2)8(11)14-3-4-15-16(12,13)5-7(9)10/h1,3-5H2,2H3,(H,9,10)(H,12,13). The molecule has 0 aromatic rings. The van der Waals surface area contributed by atoms with Crippen molar-refractivity contribution < 1.29 is 33.4 Å². The first-order chi connectivity index (χ1) is 7.24. The van der Waals surface area contributed by atoms with E-state index in [0.717, 1.165) is 0 Å². The quantitative estimate of drug-likeness (QED) is 0.292. The molecular weight excluding hydrogens is 239 g/mol. The van der Waals surface area contributed by atoms with Crippen molar-refractivity contribution >= 4 is 19.5 Å². The van der Waals surface area contributed by atoms with Gasteiger partial charge in [-0.1, -0.05) is 6.58 Å². The molecular formula is C8H13O7P. The Morgan fingerprint density at radius 1 is 1.38 bits per heavy atom. The van der Waals surface area contributed by atoms with Gasteiger partial charge in [0.05, 0.1) is 6.61 Å². The minimum Gasteiger partial charge on any atom is -0.481 e. The first-order valence-electron chi connectivity index (χ1n) is 4.25. The van der Waals surface area contributed by atoms with Crippen LogP contribution in [0.15, 0.2) is 12.2 Å². The van der Waals surface area contributed by atoms with Crippen molar-refractivity contribution in [3.05, 3.63) is 12.2 Å². The number of hydrogen-bond acceptors (Lipinski definition) is 5. The van der Waals surface area contributed by atoms with Crippen LogP contribution in [0.3, 0.4) is 0 Å². The van der Waals surface area contributed by atoms with Crippen molar-refractivity contribution in [2.45, 2.75) is 6.92 Å². The lowest BCUT2D eigenvalue weighted by molar-refractivity contribution is -0.140. The Morgan fingerprint density at radius 2 is 1.94 bits per heavy atom. The van der Waals surface area contributed by atoms with Crippen LogP contribution in [0.4, 0.5) is 0 Å². The minimum absolute atomic E-state index is 0.192. The lowest BCUT2D eigenvalue weighted by Crippen LogP contribution is -2.12. The van der Waals surface area contributed by atoms with Crippen LogP contribution in [-0.4, -0.2) is 41.3 Å². The zero-order valence-corrected chi connectivity index (χ0v) is 9.61. The van der Waals surface area contributed by atoms with Crippen LogP contribution >= 0.6 is 7.60 Å². The third-order valence-electron chi connectivity index (χ3n) is 1.29. The average molecular weight is 252 g/mol. The number of carboxylic acid groups (broad SMARTS) is 1. The summed E-state index contributed by atoms with van der Waals surface area (Å²) in [6, 6.07) is 0. The van der Waals surface area contributed by atoms with E-state index in [2.05, 4.69) is 15.8 Å². The number of rotatable bonds is 7. The van der Waals surface area contributed by atoms with Gasteiger partial charge in [-0.3, -0.25) is 9.36 Å². The van der Waals surface area contributed by atoms with Gasteiger partial charge in [0.1, 0.15) is 12.8 Å². The molecule has 0 aromatic carbocycles. The largest absolute Gasteiger partial charge is 0.481 e. The molecule has 1 atom stereocenters. The van der Waals surface area contributed by atoms with Crippen LogP contribution in [0, 0.1) is 0 Å². The maximum absolute atomic E-state index is 11.0. The van der Waals surface area contributed by atoms with Gasteiger partial charge in [-0.15, -0.1) is 0 Å². The summed E-state index contributed by atoms with van der Waals surface area (Å²) in [4.78, 5) is 29.9. The van der Waals surface area contributed by atoms with Crippen molar-refractivity contribution in [1.82, 2.24) is 0 Å². The molecule has 0 rings (SSSR count). The van der Waals surface area contributed by atoms with E-state index < -0.39 is 25.7 Å². The average Bonchev–Trinajstić information content (AvgIpc) is 2.09. The van der Waals surface area contributed by atoms with E-state index in [-0.39, 0.29) is 18.8 Å². The van der Waals surface area contributed by atoms with Crippen molar-refractivity contribution in [2.75, 3.05) is 19.4 Å². The van der Waals surface area contributed by atoms with Crippen molar-refractivity contribution in [2.24, 2.45) is 0 Å². The number of aliphatic carboxylic acids is 1. The molecule has 0 bridgehead atoms. The Kier molecular flexibility index (Phi) is 5.95. The normalized spacial score (nSPS) is 13.9. The summed E-state index contributed by atoms with van der Waals surface area (Å²) in [5.74, 6) is -2.08. The highest BCUT2D eigenvalue weighted by Crippen LogP contribution is 2.40. The Balaban J connectivity index is 3.82. The summed E-state index contributed by atoms with van der Waals surface area (Å²) >= 11 is 0. The minimum atomic E-state index is -4.15. The third kappa shape index (κ3) is 7.17. The maximum Gasteiger partial charge on any atom is 0.339 e. The zero-order chi connectivity index (χ0) is 12.8. The molecule has 8 heteroatoms. The molecule has 0 aliphatic carbocycles. The molecule has 7 nitrogen and oxygen atoms in total. The van der Waals surface area contributed by atoms with Crippen LogP contribution in [0.2, 0.25) is 0 Å². The van der Waals surface area contributed by atoms with Gasteiger partial charge in [-0.2, -0.15) is 0 Å². The molecule has 0 spiro atoms. The molecule has 16 heavy (non-hydrogen) atoms. The molecule has 0 radical (unpaired) electrons. The summed E-state index contributed by atoms with van der Waals surface area (Å²) in [5.41, 5.74) is 0.192. The first kappa shape index (κ1) is 14.8. The fourth-order valence-electron chi connectivity index (χ4n) is 0.654. The Bertz CT molecular complexity index is 335. The summed E-state index contributed by atoms with van der Waals surface area (Å²) in [6.45, 7) is 4.19. The Labute approximate surface area is 92.2 Å². The number of carbonyl (C=O) groups excluding carboxylic acids is 1. The van der Waals surface area contributed by atoms with E-state index in [1.165, 1.54) is 6.92 Å². The molecule has 0 aromatic heterocycles. The van der Waals surface area contributed by atoms with Gasteiger partial charge in [-0.25, -0.2) is 4.79 Å². The molecule has 0 aliphatic rings. The van der Waals surface area contributed by atoms with Gasteiger partial charge in [0.15, 0.2) is 0 Å². The molecule has 0 saturated carbocycles. The molecule has 2 N–H and O–H groups in total. The predicted molar refractivity (Wildman–Crippen MR) is 54.1 cm³/mol. The molecule has 0 amide bonds. The third-order valence-corrected chi connectivity index (χ3v) is 2.55. The van der Waals surface area contributed by atoms with E-state index in [0.29, 0.717) is 0 Å². The molecule has 0 aliphatic heterocycles. The van der Waals surface area contributed by atoms with Gasteiger partial charge in [0.2, 0.25) is 0 Å². The van der Waals surface area contributed by atoms with Crippen LogP contribution < -0.4 is 0 Å². The van der Waals surface area contributed by atoms with Crippen molar-refractivity contribution in [3.8, 4) is 0 Å². The van der Waals surface area contributed by atoms with E-state index in [1.807, 2.05) is 0 Å². The fourth-order valence-corrected chi connectivity index (χ4v) is 1.45. The van der Waals surface area contributed by atoms with Gasteiger partial charge >= 0.3 is 19.5 Å². The monoisotopic (exact) mass is 252 g/mol. The second-order valence-corrected chi connectivity index (χ2v) is 4.79. The molecule has 0 saturated heterocycles. The number of hydrogen-bond donors (Lipinski definition) is 2. The topological polar surface area (TPSA) is 110 Å². The maximum atomic E-state index is 11.0. The fraction of sp³-hybridized carbons (Fsp3) is 0.500. The number of carbonyl (C=O) groups is 2. The summed E-state index contributed by atoms with van der Waals surface area (Å²) < 4.78 is 20.0. The molecule has 0 heterocycles. The zero-order valence-electron chi connectivity index (χ0n) is 8.71. The second kappa shape index (κ2) is 6.42. The highest BCUT2D eigenvalue weighted by molar-refractivity contribution is 7.53. The first-order valence-corrected chi connectivity index (χ1v) is 6.01. The lowest BCUT2D eigenvalue weighted by atomic mass is 10.4. The smallest absolute Gasteiger partial charge is 0.339 e. The number of ether oxygens (including phenoxy) is 1. The van der Waals surface area contributed by atoms with Crippen LogP contribution in [0.25, 0.3) is 0 Å². The summed E-state index contributed by atoms with van der Waals surface area (Å²) in [6.07, 6.45) is -0.985. The van der Waals surface area contributed by atoms with E-state index in [1.54, 1.807) is 0 Å². The van der Waals surface area contributed by atoms with E-state index in [9.17, 15) is 14.2 Å². The van der Waals surface area contributed by atoms with Crippen molar-refractivity contribution in [3.63, 3.8) is 0 Å².